The third-order valence-corrected chi connectivity index (χ3v) is 3.63. The molecule has 0 amide bonds. The van der Waals surface area contributed by atoms with Crippen molar-refractivity contribution >= 4 is 16.9 Å². The van der Waals surface area contributed by atoms with Crippen molar-refractivity contribution in [3.63, 3.8) is 0 Å². The summed E-state index contributed by atoms with van der Waals surface area (Å²) in [5.41, 5.74) is 2.65. The van der Waals surface area contributed by atoms with Crippen LogP contribution in [-0.4, -0.2) is 15.6 Å². The first kappa shape index (κ1) is 12.5. The molecule has 3 aromatic rings. The van der Waals surface area contributed by atoms with Gasteiger partial charge in [0, 0.05) is 18.8 Å². The lowest BCUT2D eigenvalue weighted by atomic mass is 9.91. The largest absolute Gasteiger partial charge is 0.481 e. The van der Waals surface area contributed by atoms with E-state index in [0.29, 0.717) is 0 Å². The molecule has 1 N–H and O–H groups in total. The van der Waals surface area contributed by atoms with Crippen molar-refractivity contribution in [1.82, 2.24) is 4.57 Å². The zero-order valence-corrected chi connectivity index (χ0v) is 11.2. The number of hydrogen-bond donors (Lipinski definition) is 1. The van der Waals surface area contributed by atoms with Crippen molar-refractivity contribution in [2.45, 2.75) is 5.92 Å². The molecule has 1 unspecified atom stereocenters. The van der Waals surface area contributed by atoms with Crippen molar-refractivity contribution in [3.8, 4) is 0 Å². The summed E-state index contributed by atoms with van der Waals surface area (Å²) in [6.45, 7) is 0. The standard InChI is InChI=1S/C17H15NO2/c1-18-10-9-12-7-8-14(11-15(12)18)16(17(19)20)13-5-3-2-4-6-13/h2-11,16H,1H3,(H,19,20). The van der Waals surface area contributed by atoms with Crippen molar-refractivity contribution in [2.75, 3.05) is 0 Å². The van der Waals surface area contributed by atoms with E-state index in [1.54, 1.807) is 0 Å². The molecule has 100 valence electrons. The number of aryl methyl sites for hydroxylation is 1. The average molecular weight is 265 g/mol. The van der Waals surface area contributed by atoms with E-state index in [9.17, 15) is 9.90 Å². The summed E-state index contributed by atoms with van der Waals surface area (Å²) in [5, 5.41) is 10.7. The molecule has 0 aliphatic carbocycles. The Morgan fingerprint density at radius 2 is 1.80 bits per heavy atom. The molecule has 0 bridgehead atoms. The van der Waals surface area contributed by atoms with E-state index in [4.69, 9.17) is 0 Å². The predicted molar refractivity (Wildman–Crippen MR) is 78.8 cm³/mol. The monoisotopic (exact) mass is 265 g/mol. The van der Waals surface area contributed by atoms with Crippen molar-refractivity contribution in [2.24, 2.45) is 7.05 Å². The van der Waals surface area contributed by atoms with Crippen LogP contribution in [0.5, 0.6) is 0 Å². The summed E-state index contributed by atoms with van der Waals surface area (Å²) < 4.78 is 2.00. The number of carboxylic acids is 1. The maximum absolute atomic E-state index is 11.7. The van der Waals surface area contributed by atoms with Gasteiger partial charge in [-0.25, -0.2) is 0 Å². The molecule has 2 aromatic carbocycles. The lowest BCUT2D eigenvalue weighted by molar-refractivity contribution is -0.137. The Bertz CT molecular complexity index is 759. The van der Waals surface area contributed by atoms with Crippen LogP contribution in [0.4, 0.5) is 0 Å². The lowest BCUT2D eigenvalue weighted by Crippen LogP contribution is -2.13. The van der Waals surface area contributed by atoms with E-state index < -0.39 is 11.9 Å². The minimum Gasteiger partial charge on any atom is -0.481 e. The molecule has 1 aromatic heterocycles. The van der Waals surface area contributed by atoms with E-state index in [-0.39, 0.29) is 0 Å². The maximum atomic E-state index is 11.7. The third kappa shape index (κ3) is 2.07. The van der Waals surface area contributed by atoms with E-state index in [0.717, 1.165) is 22.0 Å². The molecule has 0 aliphatic heterocycles. The smallest absolute Gasteiger partial charge is 0.315 e. The Labute approximate surface area is 117 Å². The number of rotatable bonds is 3. The van der Waals surface area contributed by atoms with Crippen LogP contribution < -0.4 is 0 Å². The predicted octanol–water partition coefficient (Wildman–Crippen LogP) is 3.39. The number of hydrogen-bond acceptors (Lipinski definition) is 1. The highest BCUT2D eigenvalue weighted by Crippen LogP contribution is 2.28. The molecule has 0 saturated carbocycles. The summed E-state index contributed by atoms with van der Waals surface area (Å²) >= 11 is 0. The fraction of sp³-hybridized carbons (Fsp3) is 0.118. The van der Waals surface area contributed by atoms with Crippen LogP contribution in [0, 0.1) is 0 Å². The van der Waals surface area contributed by atoms with Gasteiger partial charge in [-0.1, -0.05) is 42.5 Å². The first-order valence-electron chi connectivity index (χ1n) is 6.49. The maximum Gasteiger partial charge on any atom is 0.315 e. The highest BCUT2D eigenvalue weighted by atomic mass is 16.4. The fourth-order valence-corrected chi connectivity index (χ4v) is 2.58. The zero-order valence-electron chi connectivity index (χ0n) is 11.2. The van der Waals surface area contributed by atoms with E-state index in [2.05, 4.69) is 0 Å². The number of carbonyl (C=O) groups is 1. The first-order valence-corrected chi connectivity index (χ1v) is 6.49. The van der Waals surface area contributed by atoms with Gasteiger partial charge in [0.25, 0.3) is 0 Å². The van der Waals surface area contributed by atoms with Crippen LogP contribution in [0.3, 0.4) is 0 Å². The molecule has 20 heavy (non-hydrogen) atoms. The van der Waals surface area contributed by atoms with Crippen molar-refractivity contribution in [1.29, 1.82) is 0 Å². The zero-order chi connectivity index (χ0) is 14.1. The van der Waals surface area contributed by atoms with Crippen LogP contribution in [-0.2, 0) is 11.8 Å². The Morgan fingerprint density at radius 3 is 2.50 bits per heavy atom. The highest BCUT2D eigenvalue weighted by molar-refractivity contribution is 5.85. The summed E-state index contributed by atoms with van der Waals surface area (Å²) in [5.74, 6) is -1.46. The first-order chi connectivity index (χ1) is 9.66. The molecule has 0 spiro atoms. The number of nitrogens with zero attached hydrogens (tertiary/aromatic N) is 1. The van der Waals surface area contributed by atoms with Crippen LogP contribution in [0.15, 0.2) is 60.8 Å². The van der Waals surface area contributed by atoms with Gasteiger partial charge < -0.3 is 9.67 Å². The van der Waals surface area contributed by atoms with Crippen molar-refractivity contribution in [3.05, 3.63) is 71.9 Å². The summed E-state index contributed by atoms with van der Waals surface area (Å²) in [6.07, 6.45) is 1.98. The molecule has 1 heterocycles. The second-order valence-electron chi connectivity index (χ2n) is 4.93. The number of aromatic nitrogens is 1. The minimum atomic E-state index is -0.829. The summed E-state index contributed by atoms with van der Waals surface area (Å²) in [4.78, 5) is 11.7. The summed E-state index contributed by atoms with van der Waals surface area (Å²) in [6, 6.07) is 17.2. The number of fused-ring (bicyclic) bond motifs is 1. The fourth-order valence-electron chi connectivity index (χ4n) is 2.58. The van der Waals surface area contributed by atoms with Gasteiger partial charge in [-0.15, -0.1) is 0 Å². The number of aliphatic carboxylic acids is 1. The number of benzene rings is 2. The topological polar surface area (TPSA) is 42.2 Å². The van der Waals surface area contributed by atoms with Gasteiger partial charge in [-0.05, 0) is 28.6 Å². The van der Waals surface area contributed by atoms with Crippen LogP contribution in [0.1, 0.15) is 17.0 Å². The second-order valence-corrected chi connectivity index (χ2v) is 4.93. The van der Waals surface area contributed by atoms with Crippen LogP contribution in [0.25, 0.3) is 10.9 Å². The highest BCUT2D eigenvalue weighted by Gasteiger charge is 2.22. The molecular formula is C17H15NO2. The molecule has 0 fully saturated rings. The Balaban J connectivity index is 2.14. The van der Waals surface area contributed by atoms with Gasteiger partial charge in [-0.2, -0.15) is 0 Å². The molecule has 3 heteroatoms. The van der Waals surface area contributed by atoms with Gasteiger partial charge >= 0.3 is 5.97 Å². The third-order valence-electron chi connectivity index (χ3n) is 3.63. The molecule has 3 nitrogen and oxygen atoms in total. The van der Waals surface area contributed by atoms with Gasteiger partial charge in [-0.3, -0.25) is 4.79 Å². The van der Waals surface area contributed by atoms with Gasteiger partial charge in [0.2, 0.25) is 0 Å². The Kier molecular flexibility index (Phi) is 3.03. The van der Waals surface area contributed by atoms with Crippen LogP contribution >= 0.6 is 0 Å². The molecule has 1 atom stereocenters. The van der Waals surface area contributed by atoms with E-state index >= 15 is 0 Å². The second kappa shape index (κ2) is 4.85. The lowest BCUT2D eigenvalue weighted by Gasteiger charge is -2.13. The molecule has 0 saturated heterocycles. The molecule has 0 aliphatic rings. The SMILES string of the molecule is Cn1ccc2ccc(C(C(=O)O)c3ccccc3)cc21. The quantitative estimate of drug-likeness (QED) is 0.788. The number of carboxylic acid groups (broad SMARTS) is 1. The van der Waals surface area contributed by atoms with E-state index in [1.165, 1.54) is 0 Å². The Morgan fingerprint density at radius 1 is 1.05 bits per heavy atom. The van der Waals surface area contributed by atoms with Crippen LogP contribution in [0.2, 0.25) is 0 Å². The normalized spacial score (nSPS) is 12.4. The van der Waals surface area contributed by atoms with Gasteiger partial charge in [0.1, 0.15) is 5.92 Å². The average Bonchev–Trinajstić information content (AvgIpc) is 2.81. The van der Waals surface area contributed by atoms with E-state index in [1.807, 2.05) is 72.4 Å². The minimum absolute atomic E-state index is 0.629. The van der Waals surface area contributed by atoms with Gasteiger partial charge in [0.05, 0.1) is 0 Å². The molecule has 0 radical (unpaired) electrons. The van der Waals surface area contributed by atoms with Gasteiger partial charge in [0.15, 0.2) is 0 Å². The Hall–Kier alpha value is -2.55. The molecule has 3 rings (SSSR count). The van der Waals surface area contributed by atoms with Crippen molar-refractivity contribution < 1.29 is 9.90 Å². The molecular weight excluding hydrogens is 250 g/mol. The summed E-state index contributed by atoms with van der Waals surface area (Å²) in [7, 11) is 1.96.